The lowest BCUT2D eigenvalue weighted by Gasteiger charge is -2.27. The van der Waals surface area contributed by atoms with Crippen molar-refractivity contribution >= 4 is 15.7 Å². The second-order valence-corrected chi connectivity index (χ2v) is 11.9. The summed E-state index contributed by atoms with van der Waals surface area (Å²) in [6.45, 7) is 3.49. The highest BCUT2D eigenvalue weighted by Crippen LogP contribution is 2.32. The van der Waals surface area contributed by atoms with Gasteiger partial charge in [-0.25, -0.2) is 13.4 Å². The van der Waals surface area contributed by atoms with Crippen LogP contribution in [-0.2, 0) is 22.7 Å². The molecule has 0 unspecified atom stereocenters. The van der Waals surface area contributed by atoms with Gasteiger partial charge in [0.25, 0.3) is 5.91 Å². The molecule has 1 aromatic carbocycles. The normalized spacial score (nSPS) is 19.6. The largest absolute Gasteiger partial charge is 0.495 e. The molecule has 0 radical (unpaired) electrons. The SMILES string of the molecule is CCc1nc(C(=O)NC[C@H]2CC[C@@H](S(C)(=O)=O)CC2)cn1-c1ccc(C[C@H](C)C(F)(F)F)cc1OC. The topological polar surface area (TPSA) is 90.3 Å². The number of nitrogens with zero attached hydrogens (tertiary/aromatic N) is 2. The molecule has 2 aromatic rings. The van der Waals surface area contributed by atoms with Crippen LogP contribution in [-0.4, -0.2) is 55.2 Å². The number of hydrogen-bond donors (Lipinski definition) is 1. The number of aromatic nitrogens is 2. The standard InChI is InChI=1S/C25H34F3N3O4S/c1-5-23-30-20(24(32)29-14-17-6-9-19(10-7-17)36(4,33)34)15-31(23)21-11-8-18(13-22(21)35-3)12-16(2)25(26,27)28/h8,11,13,15-17,19H,5-7,9-10,12,14H2,1-4H3,(H,29,32)/t16-,17-,19+/m0/s1. The highest BCUT2D eigenvalue weighted by Gasteiger charge is 2.36. The van der Waals surface area contributed by atoms with Gasteiger partial charge in [-0.1, -0.05) is 19.9 Å². The summed E-state index contributed by atoms with van der Waals surface area (Å²) < 4.78 is 69.6. The lowest BCUT2D eigenvalue weighted by molar-refractivity contribution is -0.169. The van der Waals surface area contributed by atoms with Crippen LogP contribution in [0.5, 0.6) is 5.75 Å². The number of ether oxygens (including phenoxy) is 1. The maximum atomic E-state index is 13.0. The van der Waals surface area contributed by atoms with E-state index in [9.17, 15) is 26.4 Å². The number of methoxy groups -OCH3 is 1. The van der Waals surface area contributed by atoms with Crippen molar-refractivity contribution in [3.8, 4) is 11.4 Å². The smallest absolute Gasteiger partial charge is 0.391 e. The first-order chi connectivity index (χ1) is 16.8. The Morgan fingerprint density at radius 1 is 1.25 bits per heavy atom. The van der Waals surface area contributed by atoms with Crippen LogP contribution in [0, 0.1) is 11.8 Å². The van der Waals surface area contributed by atoms with E-state index in [1.165, 1.54) is 13.4 Å². The Labute approximate surface area is 210 Å². The highest BCUT2D eigenvalue weighted by molar-refractivity contribution is 7.91. The molecule has 1 amide bonds. The average molecular weight is 530 g/mol. The lowest BCUT2D eigenvalue weighted by atomic mass is 9.89. The van der Waals surface area contributed by atoms with E-state index in [1.807, 2.05) is 6.92 Å². The van der Waals surface area contributed by atoms with E-state index in [4.69, 9.17) is 4.74 Å². The van der Waals surface area contributed by atoms with Crippen molar-refractivity contribution in [2.45, 2.75) is 63.8 Å². The van der Waals surface area contributed by atoms with E-state index in [2.05, 4.69) is 10.3 Å². The van der Waals surface area contributed by atoms with Crippen LogP contribution in [0.15, 0.2) is 24.4 Å². The van der Waals surface area contributed by atoms with Crippen molar-refractivity contribution in [3.63, 3.8) is 0 Å². The summed E-state index contributed by atoms with van der Waals surface area (Å²) in [6, 6.07) is 4.90. The van der Waals surface area contributed by atoms with Gasteiger partial charge in [-0.2, -0.15) is 13.2 Å². The predicted octanol–water partition coefficient (Wildman–Crippen LogP) is 4.52. The lowest BCUT2D eigenvalue weighted by Crippen LogP contribution is -2.34. The molecule has 1 aliphatic carbocycles. The zero-order chi connectivity index (χ0) is 26.7. The Hall–Kier alpha value is -2.56. The van der Waals surface area contributed by atoms with E-state index in [0.29, 0.717) is 48.6 Å². The van der Waals surface area contributed by atoms with Gasteiger partial charge in [0, 0.05) is 25.4 Å². The van der Waals surface area contributed by atoms with E-state index >= 15 is 0 Å². The van der Waals surface area contributed by atoms with Gasteiger partial charge in [-0.3, -0.25) is 9.36 Å². The molecular weight excluding hydrogens is 495 g/mol. The fourth-order valence-electron chi connectivity index (χ4n) is 4.59. The maximum Gasteiger partial charge on any atom is 0.391 e. The third kappa shape index (κ3) is 6.80. The fraction of sp³-hybridized carbons (Fsp3) is 0.600. The quantitative estimate of drug-likeness (QED) is 0.516. The van der Waals surface area contributed by atoms with Gasteiger partial charge in [0.05, 0.1) is 24.0 Å². The molecule has 1 atom stereocenters. The summed E-state index contributed by atoms with van der Waals surface area (Å²) in [5.41, 5.74) is 1.32. The number of alkyl halides is 3. The third-order valence-electron chi connectivity index (χ3n) is 6.88. The monoisotopic (exact) mass is 529 g/mol. The Balaban J connectivity index is 1.71. The van der Waals surface area contributed by atoms with Gasteiger partial charge in [0.15, 0.2) is 0 Å². The maximum absolute atomic E-state index is 13.0. The molecule has 200 valence electrons. The highest BCUT2D eigenvalue weighted by atomic mass is 32.2. The van der Waals surface area contributed by atoms with Crippen LogP contribution in [0.1, 0.15) is 61.4 Å². The number of halogens is 3. The summed E-state index contributed by atoms with van der Waals surface area (Å²) >= 11 is 0. The number of carbonyl (C=O) groups is 1. The van der Waals surface area contributed by atoms with Gasteiger partial charge >= 0.3 is 6.18 Å². The number of aryl methyl sites for hydroxylation is 1. The molecule has 11 heteroatoms. The summed E-state index contributed by atoms with van der Waals surface area (Å²) in [7, 11) is -1.59. The molecule has 1 heterocycles. The molecule has 1 aromatic heterocycles. The first-order valence-electron chi connectivity index (χ1n) is 12.1. The second kappa shape index (κ2) is 11.2. The van der Waals surface area contributed by atoms with Crippen LogP contribution in [0.2, 0.25) is 0 Å². The number of benzene rings is 1. The molecule has 1 N–H and O–H groups in total. The number of rotatable bonds is 9. The summed E-state index contributed by atoms with van der Waals surface area (Å²) in [6.07, 6.45) is 1.64. The summed E-state index contributed by atoms with van der Waals surface area (Å²) in [4.78, 5) is 17.3. The van der Waals surface area contributed by atoms with Crippen molar-refractivity contribution in [1.82, 2.24) is 14.9 Å². The molecule has 1 aliphatic rings. The van der Waals surface area contributed by atoms with Crippen LogP contribution < -0.4 is 10.1 Å². The van der Waals surface area contributed by atoms with E-state index in [0.717, 1.165) is 19.8 Å². The molecular formula is C25H34F3N3O4S. The summed E-state index contributed by atoms with van der Waals surface area (Å²) in [5.74, 6) is -0.592. The van der Waals surface area contributed by atoms with E-state index in [1.54, 1.807) is 29.0 Å². The van der Waals surface area contributed by atoms with Crippen LogP contribution >= 0.6 is 0 Å². The number of imidazole rings is 1. The molecule has 0 aliphatic heterocycles. The van der Waals surface area contributed by atoms with E-state index < -0.39 is 21.9 Å². The average Bonchev–Trinajstić information content (AvgIpc) is 3.26. The van der Waals surface area contributed by atoms with Gasteiger partial charge in [-0.15, -0.1) is 0 Å². The van der Waals surface area contributed by atoms with Gasteiger partial charge in [0.2, 0.25) is 0 Å². The molecule has 36 heavy (non-hydrogen) atoms. The molecule has 0 bridgehead atoms. The first kappa shape index (κ1) is 28.0. The fourth-order valence-corrected chi connectivity index (χ4v) is 5.72. The number of nitrogens with one attached hydrogen (secondary N) is 1. The Morgan fingerprint density at radius 2 is 1.92 bits per heavy atom. The van der Waals surface area contributed by atoms with Gasteiger partial charge in [-0.05, 0) is 55.7 Å². The third-order valence-corrected chi connectivity index (χ3v) is 8.57. The molecule has 1 saturated carbocycles. The minimum atomic E-state index is -4.28. The van der Waals surface area contributed by atoms with E-state index in [-0.39, 0.29) is 29.2 Å². The molecule has 1 fully saturated rings. The van der Waals surface area contributed by atoms with Crippen molar-refractivity contribution in [3.05, 3.63) is 41.5 Å². The van der Waals surface area contributed by atoms with Crippen molar-refractivity contribution in [2.75, 3.05) is 19.9 Å². The Bertz CT molecular complexity index is 1170. The second-order valence-electron chi connectivity index (χ2n) is 9.60. The first-order valence-corrected chi connectivity index (χ1v) is 14.1. The Kier molecular flexibility index (Phi) is 8.74. The Morgan fingerprint density at radius 3 is 2.47 bits per heavy atom. The number of sulfone groups is 1. The number of carbonyl (C=O) groups excluding carboxylic acids is 1. The zero-order valence-corrected chi connectivity index (χ0v) is 21.9. The zero-order valence-electron chi connectivity index (χ0n) is 21.1. The number of amides is 1. The van der Waals surface area contributed by atoms with Gasteiger partial charge in [0.1, 0.15) is 27.1 Å². The molecule has 3 rings (SSSR count). The summed E-state index contributed by atoms with van der Waals surface area (Å²) in [5, 5.41) is 2.61. The van der Waals surface area contributed by atoms with Crippen molar-refractivity contribution < 1.29 is 31.1 Å². The van der Waals surface area contributed by atoms with Crippen LogP contribution in [0.25, 0.3) is 5.69 Å². The van der Waals surface area contributed by atoms with Crippen LogP contribution in [0.3, 0.4) is 0 Å². The predicted molar refractivity (Wildman–Crippen MR) is 131 cm³/mol. The molecule has 7 nitrogen and oxygen atoms in total. The van der Waals surface area contributed by atoms with Crippen molar-refractivity contribution in [2.24, 2.45) is 11.8 Å². The molecule has 0 spiro atoms. The minimum Gasteiger partial charge on any atom is -0.495 e. The van der Waals surface area contributed by atoms with Crippen LogP contribution in [0.4, 0.5) is 13.2 Å². The van der Waals surface area contributed by atoms with Gasteiger partial charge < -0.3 is 10.1 Å². The van der Waals surface area contributed by atoms with Crippen molar-refractivity contribution in [1.29, 1.82) is 0 Å². The number of hydrogen-bond acceptors (Lipinski definition) is 5. The molecule has 0 saturated heterocycles. The minimum absolute atomic E-state index is 0.162.